The molecule has 1 aromatic carbocycles. The maximum atomic E-state index is 13.4. The number of hydrogen-bond donors (Lipinski definition) is 0. The van der Waals surface area contributed by atoms with Gasteiger partial charge >= 0.3 is 0 Å². The summed E-state index contributed by atoms with van der Waals surface area (Å²) in [5, 5.41) is 9.13. The van der Waals surface area contributed by atoms with Gasteiger partial charge in [0.05, 0.1) is 23.8 Å². The van der Waals surface area contributed by atoms with E-state index in [0.717, 1.165) is 18.7 Å². The Bertz CT molecular complexity index is 536. The summed E-state index contributed by atoms with van der Waals surface area (Å²) < 4.78 is 19.4. The van der Waals surface area contributed by atoms with E-state index in [0.29, 0.717) is 24.1 Å². The number of morpholine rings is 1. The zero-order valence-electron chi connectivity index (χ0n) is 11.7. The zero-order valence-corrected chi connectivity index (χ0v) is 11.7. The minimum atomic E-state index is -0.279. The smallest absolute Gasteiger partial charge is 0.123 e. The molecule has 1 saturated heterocycles. The molecule has 1 heterocycles. The van der Waals surface area contributed by atoms with Crippen LogP contribution in [0, 0.1) is 23.1 Å². The van der Waals surface area contributed by atoms with Gasteiger partial charge in [-0.1, -0.05) is 0 Å². The molecule has 1 aromatic rings. The third-order valence-electron chi connectivity index (χ3n) is 4.09. The number of halogens is 1. The van der Waals surface area contributed by atoms with Crippen LogP contribution in [0.15, 0.2) is 18.2 Å². The van der Waals surface area contributed by atoms with E-state index in [-0.39, 0.29) is 11.9 Å². The van der Waals surface area contributed by atoms with Crippen LogP contribution in [-0.2, 0) is 11.3 Å². The minimum Gasteiger partial charge on any atom is -0.372 e. The Morgan fingerprint density at radius 2 is 2.20 bits per heavy atom. The van der Waals surface area contributed by atoms with Crippen molar-refractivity contribution in [2.24, 2.45) is 5.92 Å². The topological polar surface area (TPSA) is 36.3 Å². The van der Waals surface area contributed by atoms with E-state index in [1.54, 1.807) is 6.07 Å². The Hall–Kier alpha value is -1.44. The Morgan fingerprint density at radius 3 is 2.90 bits per heavy atom. The standard InChI is InChI=1S/C16H19FN2O/c1-11-8-19(10-16(20-11)12-2-3-12)9-14-6-15(17)5-4-13(14)7-18/h4-6,11-12,16H,2-3,8-10H2,1H3/t11-,16-/m0/s1. The van der Waals surface area contributed by atoms with Crippen molar-refractivity contribution < 1.29 is 9.13 Å². The first kappa shape index (κ1) is 13.5. The molecule has 0 N–H and O–H groups in total. The van der Waals surface area contributed by atoms with Crippen LogP contribution in [0.2, 0.25) is 0 Å². The zero-order chi connectivity index (χ0) is 14.1. The van der Waals surface area contributed by atoms with E-state index in [4.69, 9.17) is 10.00 Å². The molecule has 0 spiro atoms. The fraction of sp³-hybridized carbons (Fsp3) is 0.562. The van der Waals surface area contributed by atoms with E-state index in [9.17, 15) is 4.39 Å². The van der Waals surface area contributed by atoms with Crippen molar-refractivity contribution in [3.8, 4) is 6.07 Å². The van der Waals surface area contributed by atoms with Crippen molar-refractivity contribution in [2.45, 2.75) is 38.5 Å². The van der Waals surface area contributed by atoms with Gasteiger partial charge < -0.3 is 4.74 Å². The number of ether oxygens (including phenoxy) is 1. The van der Waals surface area contributed by atoms with Gasteiger partial charge in [-0.25, -0.2) is 4.39 Å². The molecule has 0 amide bonds. The Kier molecular flexibility index (Phi) is 3.73. The van der Waals surface area contributed by atoms with Crippen LogP contribution in [0.25, 0.3) is 0 Å². The van der Waals surface area contributed by atoms with Crippen molar-refractivity contribution in [1.82, 2.24) is 4.90 Å². The summed E-state index contributed by atoms with van der Waals surface area (Å²) in [6, 6.07) is 6.53. The van der Waals surface area contributed by atoms with Gasteiger partial charge in [-0.2, -0.15) is 5.26 Å². The number of hydrogen-bond acceptors (Lipinski definition) is 3. The summed E-state index contributed by atoms with van der Waals surface area (Å²) in [5.74, 6) is 0.419. The van der Waals surface area contributed by atoms with Crippen LogP contribution in [-0.4, -0.2) is 30.2 Å². The maximum absolute atomic E-state index is 13.4. The monoisotopic (exact) mass is 274 g/mol. The molecule has 2 atom stereocenters. The van der Waals surface area contributed by atoms with Crippen molar-refractivity contribution >= 4 is 0 Å². The number of nitriles is 1. The molecule has 1 aliphatic carbocycles. The SMILES string of the molecule is C[C@H]1CN(Cc2cc(F)ccc2C#N)C[C@@H](C2CC2)O1. The van der Waals surface area contributed by atoms with E-state index >= 15 is 0 Å². The van der Waals surface area contributed by atoms with Gasteiger partial charge in [0.2, 0.25) is 0 Å². The second kappa shape index (κ2) is 5.51. The molecule has 0 bridgehead atoms. The van der Waals surface area contributed by atoms with Gasteiger partial charge in [0.15, 0.2) is 0 Å². The third kappa shape index (κ3) is 3.00. The molecule has 2 aliphatic rings. The summed E-state index contributed by atoms with van der Waals surface area (Å²) in [6.45, 7) is 4.43. The highest BCUT2D eigenvalue weighted by Gasteiger charge is 2.37. The fourth-order valence-corrected chi connectivity index (χ4v) is 2.98. The first-order valence-corrected chi connectivity index (χ1v) is 7.22. The quantitative estimate of drug-likeness (QED) is 0.850. The number of benzene rings is 1. The number of nitrogens with zero attached hydrogens (tertiary/aromatic N) is 2. The van der Waals surface area contributed by atoms with Crippen LogP contribution in [0.1, 0.15) is 30.9 Å². The largest absolute Gasteiger partial charge is 0.372 e. The number of rotatable bonds is 3. The van der Waals surface area contributed by atoms with Gasteiger partial charge in [-0.05, 0) is 49.4 Å². The lowest BCUT2D eigenvalue weighted by atomic mass is 10.1. The van der Waals surface area contributed by atoms with Gasteiger partial charge in [0, 0.05) is 19.6 Å². The first-order valence-electron chi connectivity index (χ1n) is 7.22. The van der Waals surface area contributed by atoms with Crippen molar-refractivity contribution in [1.29, 1.82) is 5.26 Å². The molecule has 2 fully saturated rings. The molecular formula is C16H19FN2O. The molecule has 3 rings (SSSR count). The molecule has 20 heavy (non-hydrogen) atoms. The van der Waals surface area contributed by atoms with Crippen LogP contribution in [0.5, 0.6) is 0 Å². The maximum Gasteiger partial charge on any atom is 0.123 e. The van der Waals surface area contributed by atoms with Crippen LogP contribution in [0.4, 0.5) is 4.39 Å². The molecule has 4 heteroatoms. The third-order valence-corrected chi connectivity index (χ3v) is 4.09. The van der Waals surface area contributed by atoms with Crippen LogP contribution < -0.4 is 0 Å². The van der Waals surface area contributed by atoms with Gasteiger partial charge in [0.1, 0.15) is 5.82 Å². The van der Waals surface area contributed by atoms with E-state index in [1.165, 1.54) is 25.0 Å². The first-order chi connectivity index (χ1) is 9.65. The highest BCUT2D eigenvalue weighted by Crippen LogP contribution is 2.36. The predicted molar refractivity (Wildman–Crippen MR) is 73.5 cm³/mol. The van der Waals surface area contributed by atoms with Crippen LogP contribution in [0.3, 0.4) is 0 Å². The average molecular weight is 274 g/mol. The lowest BCUT2D eigenvalue weighted by Crippen LogP contribution is -2.47. The van der Waals surface area contributed by atoms with E-state index in [1.807, 2.05) is 0 Å². The highest BCUT2D eigenvalue weighted by atomic mass is 19.1. The highest BCUT2D eigenvalue weighted by molar-refractivity contribution is 5.37. The van der Waals surface area contributed by atoms with E-state index in [2.05, 4.69) is 17.9 Å². The summed E-state index contributed by atoms with van der Waals surface area (Å²) in [7, 11) is 0. The molecule has 106 valence electrons. The van der Waals surface area contributed by atoms with Gasteiger partial charge in [-0.15, -0.1) is 0 Å². The molecule has 3 nitrogen and oxygen atoms in total. The Labute approximate surface area is 119 Å². The van der Waals surface area contributed by atoms with Gasteiger partial charge in [0.25, 0.3) is 0 Å². The molecule has 1 saturated carbocycles. The summed E-state index contributed by atoms with van der Waals surface area (Å²) in [5.41, 5.74) is 1.34. The molecular weight excluding hydrogens is 255 g/mol. The van der Waals surface area contributed by atoms with Crippen molar-refractivity contribution in [2.75, 3.05) is 13.1 Å². The second-order valence-electron chi connectivity index (χ2n) is 5.93. The normalized spacial score (nSPS) is 27.2. The summed E-state index contributed by atoms with van der Waals surface area (Å²) >= 11 is 0. The molecule has 0 unspecified atom stereocenters. The summed E-state index contributed by atoms with van der Waals surface area (Å²) in [6.07, 6.45) is 3.02. The predicted octanol–water partition coefficient (Wildman–Crippen LogP) is 2.70. The molecule has 0 radical (unpaired) electrons. The fourth-order valence-electron chi connectivity index (χ4n) is 2.98. The minimum absolute atomic E-state index is 0.202. The molecule has 0 aromatic heterocycles. The molecule has 1 aliphatic heterocycles. The Balaban J connectivity index is 1.73. The lowest BCUT2D eigenvalue weighted by Gasteiger charge is -2.37. The van der Waals surface area contributed by atoms with Crippen molar-refractivity contribution in [3.63, 3.8) is 0 Å². The van der Waals surface area contributed by atoms with E-state index < -0.39 is 0 Å². The average Bonchev–Trinajstić information content (AvgIpc) is 3.22. The lowest BCUT2D eigenvalue weighted by molar-refractivity contribution is -0.0881. The second-order valence-corrected chi connectivity index (χ2v) is 5.93. The van der Waals surface area contributed by atoms with Crippen molar-refractivity contribution in [3.05, 3.63) is 35.1 Å². The summed E-state index contributed by atoms with van der Waals surface area (Å²) in [4.78, 5) is 2.28. The Morgan fingerprint density at radius 1 is 1.40 bits per heavy atom. The van der Waals surface area contributed by atoms with Gasteiger partial charge in [-0.3, -0.25) is 4.90 Å². The van der Waals surface area contributed by atoms with Crippen LogP contribution >= 0.6 is 0 Å².